The van der Waals surface area contributed by atoms with Crippen LogP contribution in [0, 0.1) is 10.7 Å². The lowest BCUT2D eigenvalue weighted by Gasteiger charge is -2.02. The number of carbonyl (C=O) groups is 1. The highest BCUT2D eigenvalue weighted by atomic mass is 127. The lowest BCUT2D eigenvalue weighted by Crippen LogP contribution is -2.26. The lowest BCUT2D eigenvalue weighted by molar-refractivity contribution is -0.118. The molecule has 9 heteroatoms. The monoisotopic (exact) mass is 476 g/mol. The maximum Gasteiger partial charge on any atom is 0.284 e. The molecule has 0 bridgehead atoms. The zero-order chi connectivity index (χ0) is 17.3. The van der Waals surface area contributed by atoms with E-state index >= 15 is 0 Å². The van der Waals surface area contributed by atoms with Gasteiger partial charge >= 0.3 is 0 Å². The van der Waals surface area contributed by atoms with Crippen LogP contribution in [0.2, 0.25) is 0 Å². The molecule has 1 aromatic heterocycles. The van der Waals surface area contributed by atoms with Crippen molar-refractivity contribution in [1.82, 2.24) is 5.32 Å². The highest BCUT2D eigenvalue weighted by molar-refractivity contribution is 14.1. The summed E-state index contributed by atoms with van der Waals surface area (Å²) in [6, 6.07) is 10.0. The van der Waals surface area contributed by atoms with Crippen LogP contribution in [0.5, 0.6) is 0 Å². The zero-order valence-corrected chi connectivity index (χ0v) is 16.3. The summed E-state index contributed by atoms with van der Waals surface area (Å²) in [4.78, 5) is 12.1. The van der Waals surface area contributed by atoms with Crippen molar-refractivity contribution in [3.8, 4) is 0 Å². The van der Waals surface area contributed by atoms with E-state index in [4.69, 9.17) is 4.42 Å². The van der Waals surface area contributed by atoms with Crippen LogP contribution in [-0.2, 0) is 21.2 Å². The number of nitrogens with one attached hydrogen (secondary N) is 1. The average Bonchev–Trinajstić information content (AvgIpc) is 3.05. The first-order chi connectivity index (χ1) is 11.3. The van der Waals surface area contributed by atoms with E-state index < -0.39 is 15.3 Å². The fourth-order valence-electron chi connectivity index (χ4n) is 2.10. The van der Waals surface area contributed by atoms with Gasteiger partial charge in [-0.05, 0) is 53.8 Å². The van der Waals surface area contributed by atoms with Crippen LogP contribution < -0.4 is 5.32 Å². The Bertz CT molecular complexity index is 904. The topological polar surface area (TPSA) is 88.7 Å². The van der Waals surface area contributed by atoms with Crippen molar-refractivity contribution < 1.29 is 17.6 Å². The predicted molar refractivity (Wildman–Crippen MR) is 100 cm³/mol. The number of rotatable bonds is 4. The quantitative estimate of drug-likeness (QED) is 0.686. The van der Waals surface area contributed by atoms with E-state index in [0.29, 0.717) is 12.2 Å². The molecule has 0 saturated carbocycles. The van der Waals surface area contributed by atoms with Gasteiger partial charge in [0.25, 0.3) is 10.0 Å². The number of hydrogen-bond acceptors (Lipinski definition) is 5. The third-order valence-corrected chi connectivity index (χ3v) is 6.38. The highest BCUT2D eigenvalue weighted by Crippen LogP contribution is 2.26. The van der Waals surface area contributed by atoms with Crippen molar-refractivity contribution in [2.45, 2.75) is 23.5 Å². The summed E-state index contributed by atoms with van der Waals surface area (Å²) in [5, 5.41) is 2.15. The predicted octanol–water partition coefficient (Wildman–Crippen LogP) is 2.71. The Balaban J connectivity index is 1.76. The van der Waals surface area contributed by atoms with Gasteiger partial charge in [0.1, 0.15) is 5.76 Å². The van der Waals surface area contributed by atoms with Crippen molar-refractivity contribution in [3.63, 3.8) is 0 Å². The molecule has 1 atom stereocenters. The molecular weight excluding hydrogens is 463 g/mol. The van der Waals surface area contributed by atoms with Gasteiger partial charge in [0.05, 0.1) is 10.1 Å². The van der Waals surface area contributed by atoms with E-state index in [1.807, 2.05) is 35.6 Å². The Morgan fingerprint density at radius 2 is 1.96 bits per heavy atom. The normalized spacial score (nSPS) is 19.7. The zero-order valence-electron chi connectivity index (χ0n) is 12.5. The van der Waals surface area contributed by atoms with Crippen LogP contribution in [0.3, 0.4) is 0 Å². The molecule has 1 amide bonds. The standard InChI is InChI=1S/C15H13IN2O4S2/c1-9-2-5-11(6-3-9)24(20,21)18-15-17-14(19)12(23-15)8-10-4-7-13(16)22-10/h2-7,12H,8H2,1H3,(H,17,18,19). The molecule has 0 spiro atoms. The second-order valence-corrected chi connectivity index (χ2v) is 9.05. The fraction of sp³-hybridized carbons (Fsp3) is 0.200. The molecule has 3 rings (SSSR count). The second kappa shape index (κ2) is 6.89. The van der Waals surface area contributed by atoms with Crippen LogP contribution in [0.1, 0.15) is 11.3 Å². The van der Waals surface area contributed by atoms with Crippen molar-refractivity contribution in [2.24, 2.45) is 4.40 Å². The largest absolute Gasteiger partial charge is 0.455 e. The Morgan fingerprint density at radius 3 is 2.58 bits per heavy atom. The summed E-state index contributed by atoms with van der Waals surface area (Å²) in [7, 11) is -3.85. The number of hydrogen-bond donors (Lipinski definition) is 1. The maximum absolute atomic E-state index is 12.3. The van der Waals surface area contributed by atoms with Gasteiger partial charge in [-0.25, -0.2) is 0 Å². The van der Waals surface area contributed by atoms with Crippen LogP contribution in [0.4, 0.5) is 0 Å². The molecule has 1 N–H and O–H groups in total. The highest BCUT2D eigenvalue weighted by Gasteiger charge is 2.32. The minimum atomic E-state index is -3.85. The third kappa shape index (κ3) is 4.01. The van der Waals surface area contributed by atoms with E-state index in [1.54, 1.807) is 18.2 Å². The van der Waals surface area contributed by atoms with Crippen molar-refractivity contribution in [3.05, 3.63) is 51.5 Å². The molecule has 1 aliphatic heterocycles. The van der Waals surface area contributed by atoms with E-state index in [9.17, 15) is 13.2 Å². The van der Waals surface area contributed by atoms with Crippen molar-refractivity contribution >= 4 is 55.5 Å². The number of furan rings is 1. The molecule has 1 unspecified atom stereocenters. The van der Waals surface area contributed by atoms with Crippen molar-refractivity contribution in [2.75, 3.05) is 0 Å². The number of nitrogens with zero attached hydrogens (tertiary/aromatic N) is 1. The number of sulfonamides is 1. The van der Waals surface area contributed by atoms with Gasteiger partial charge in [0.15, 0.2) is 8.93 Å². The van der Waals surface area contributed by atoms with Gasteiger partial charge in [0.2, 0.25) is 5.91 Å². The average molecular weight is 476 g/mol. The summed E-state index contributed by atoms with van der Waals surface area (Å²) in [6.07, 6.45) is 0.378. The number of amidine groups is 1. The lowest BCUT2D eigenvalue weighted by atomic mass is 10.2. The van der Waals surface area contributed by atoms with Crippen LogP contribution in [0.15, 0.2) is 50.1 Å². The van der Waals surface area contributed by atoms with E-state index in [-0.39, 0.29) is 16.0 Å². The molecule has 1 aromatic carbocycles. The van der Waals surface area contributed by atoms with Gasteiger partial charge in [-0.1, -0.05) is 29.5 Å². The fourth-order valence-corrected chi connectivity index (χ4v) is 4.72. The number of thioether (sulfide) groups is 1. The Kier molecular flexibility index (Phi) is 5.02. The minimum absolute atomic E-state index is 0.0897. The Labute approximate surface area is 157 Å². The maximum atomic E-state index is 12.3. The van der Waals surface area contributed by atoms with E-state index in [2.05, 4.69) is 9.71 Å². The van der Waals surface area contributed by atoms with E-state index in [0.717, 1.165) is 21.1 Å². The Morgan fingerprint density at radius 1 is 1.25 bits per heavy atom. The molecule has 0 aliphatic carbocycles. The van der Waals surface area contributed by atoms with Gasteiger partial charge in [-0.15, -0.1) is 4.40 Å². The second-order valence-electron chi connectivity index (χ2n) is 5.19. The molecule has 1 fully saturated rings. The summed E-state index contributed by atoms with van der Waals surface area (Å²) < 4.78 is 34.5. The summed E-state index contributed by atoms with van der Waals surface area (Å²) in [5.74, 6) is 0.402. The minimum Gasteiger partial charge on any atom is -0.455 e. The third-order valence-electron chi connectivity index (χ3n) is 3.31. The number of amides is 1. The summed E-state index contributed by atoms with van der Waals surface area (Å²) >= 11 is 3.14. The molecule has 1 saturated heterocycles. The number of benzene rings is 1. The van der Waals surface area contributed by atoms with Crippen LogP contribution in [-0.4, -0.2) is 24.7 Å². The number of carbonyl (C=O) groups excluding carboxylic acids is 1. The SMILES string of the molecule is Cc1ccc(S(=O)(=O)N=C2NC(=O)C(Cc3ccc(I)o3)S2)cc1. The summed E-state index contributed by atoms with van der Waals surface area (Å²) in [6.45, 7) is 1.87. The van der Waals surface area contributed by atoms with Crippen LogP contribution >= 0.6 is 34.4 Å². The van der Waals surface area contributed by atoms with Gasteiger partial charge < -0.3 is 9.73 Å². The van der Waals surface area contributed by atoms with Gasteiger partial charge in [-0.2, -0.15) is 8.42 Å². The number of halogens is 1. The molecule has 6 nitrogen and oxygen atoms in total. The molecule has 24 heavy (non-hydrogen) atoms. The van der Waals surface area contributed by atoms with Crippen LogP contribution in [0.25, 0.3) is 0 Å². The molecule has 126 valence electrons. The first-order valence-corrected chi connectivity index (χ1v) is 10.4. The molecule has 1 aliphatic rings. The first kappa shape index (κ1) is 17.5. The number of aryl methyl sites for hydroxylation is 1. The molecule has 2 heterocycles. The van der Waals surface area contributed by atoms with Crippen molar-refractivity contribution in [1.29, 1.82) is 0 Å². The smallest absolute Gasteiger partial charge is 0.284 e. The Hall–Kier alpha value is -1.33. The van der Waals surface area contributed by atoms with E-state index in [1.165, 1.54) is 12.1 Å². The molecular formula is C15H13IN2O4S2. The molecule has 2 aromatic rings. The summed E-state index contributed by atoms with van der Waals surface area (Å²) in [5.41, 5.74) is 0.957. The molecule has 0 radical (unpaired) electrons. The van der Waals surface area contributed by atoms with Gasteiger partial charge in [0, 0.05) is 6.42 Å². The first-order valence-electron chi connectivity index (χ1n) is 6.97. The van der Waals surface area contributed by atoms with Gasteiger partial charge in [-0.3, -0.25) is 4.79 Å².